The number of hydrogen-bond acceptors (Lipinski definition) is 1. The fourth-order valence-electron chi connectivity index (χ4n) is 4.71. The van der Waals surface area contributed by atoms with Crippen LogP contribution in [0.5, 0.6) is 0 Å². The van der Waals surface area contributed by atoms with Gasteiger partial charge in [0.15, 0.2) is 5.78 Å². The van der Waals surface area contributed by atoms with Crippen molar-refractivity contribution < 1.29 is 4.79 Å². The number of Topliss-reactive ketones (excluding diaryl/α,β-unsaturated/α-hetero) is 1. The second-order valence-corrected chi connectivity index (χ2v) is 7.92. The molecule has 2 aliphatic rings. The van der Waals surface area contributed by atoms with Crippen molar-refractivity contribution in [1.82, 2.24) is 0 Å². The topological polar surface area (TPSA) is 17.1 Å². The molecule has 130 valence electrons. The van der Waals surface area contributed by atoms with Crippen LogP contribution in [0.15, 0.2) is 83.3 Å². The third-order valence-corrected chi connectivity index (χ3v) is 6.34. The lowest BCUT2D eigenvalue weighted by Crippen LogP contribution is -2.39. The molecule has 5 rings (SSSR count). The van der Waals surface area contributed by atoms with Crippen LogP contribution in [-0.2, 0) is 10.2 Å². The number of carbonyl (C=O) groups excluding carboxylic acids is 1. The van der Waals surface area contributed by atoms with E-state index in [1.165, 1.54) is 5.57 Å². The summed E-state index contributed by atoms with van der Waals surface area (Å²) >= 11 is 3.57. The van der Waals surface area contributed by atoms with Crippen molar-refractivity contribution in [1.29, 1.82) is 0 Å². The molecule has 0 aliphatic heterocycles. The second-order valence-electron chi connectivity index (χ2n) is 7.07. The first-order valence-corrected chi connectivity index (χ1v) is 9.83. The summed E-state index contributed by atoms with van der Waals surface area (Å²) in [6.07, 6.45) is 1.95. The summed E-state index contributed by atoms with van der Waals surface area (Å²) in [6, 6.07) is 26.9. The minimum atomic E-state index is -0.813. The molecule has 0 heterocycles. The van der Waals surface area contributed by atoms with Crippen LogP contribution in [0.1, 0.15) is 34.7 Å². The van der Waals surface area contributed by atoms with Gasteiger partial charge in [-0.05, 0) is 67.9 Å². The number of carbonyl (C=O) groups is 1. The Balaban J connectivity index is 1.97. The van der Waals surface area contributed by atoms with E-state index in [1.54, 1.807) is 0 Å². The Labute approximate surface area is 167 Å². The maximum atomic E-state index is 13.9. The van der Waals surface area contributed by atoms with E-state index >= 15 is 0 Å². The Hall–Kier alpha value is -2.71. The predicted molar refractivity (Wildman–Crippen MR) is 115 cm³/mol. The van der Waals surface area contributed by atoms with E-state index in [4.69, 9.17) is 0 Å². The number of rotatable bonds is 1. The van der Waals surface area contributed by atoms with Gasteiger partial charge >= 0.3 is 0 Å². The number of fused-ring (bicyclic) bond motifs is 4. The Morgan fingerprint density at radius 3 is 2.19 bits per heavy atom. The molecule has 1 nitrogen and oxygen atoms in total. The summed E-state index contributed by atoms with van der Waals surface area (Å²) in [7, 11) is 0. The molecular formula is C25H17BrO. The highest BCUT2D eigenvalue weighted by Gasteiger charge is 2.54. The molecule has 1 unspecified atom stereocenters. The number of ketones is 1. The largest absolute Gasteiger partial charge is 0.292 e. The molecule has 2 aliphatic carbocycles. The lowest BCUT2D eigenvalue weighted by Gasteiger charge is -2.37. The van der Waals surface area contributed by atoms with Gasteiger partial charge in [0.2, 0.25) is 0 Å². The second kappa shape index (κ2) is 5.90. The standard InChI is InChI=1S/C25H17BrO/c1-16-19-12-6-8-14-21(19)25(23(16)17-9-3-2-4-10-17)20-13-7-5-11-18(20)15-22(26)24(25)27/h2-15H,1H3. The lowest BCUT2D eigenvalue weighted by molar-refractivity contribution is -0.117. The van der Waals surface area contributed by atoms with Gasteiger partial charge < -0.3 is 0 Å². The lowest BCUT2D eigenvalue weighted by atomic mass is 9.63. The molecule has 27 heavy (non-hydrogen) atoms. The summed E-state index contributed by atoms with van der Waals surface area (Å²) in [5.41, 5.74) is 6.91. The van der Waals surface area contributed by atoms with E-state index < -0.39 is 5.41 Å². The van der Waals surface area contributed by atoms with Crippen LogP contribution in [0.3, 0.4) is 0 Å². The van der Waals surface area contributed by atoms with Gasteiger partial charge in [-0.1, -0.05) is 78.9 Å². The van der Waals surface area contributed by atoms with E-state index in [-0.39, 0.29) is 5.78 Å². The first-order chi connectivity index (χ1) is 13.2. The molecule has 0 saturated heterocycles. The van der Waals surface area contributed by atoms with Gasteiger partial charge in [-0.15, -0.1) is 0 Å². The number of halogens is 1. The minimum Gasteiger partial charge on any atom is -0.292 e. The summed E-state index contributed by atoms with van der Waals surface area (Å²) in [4.78, 5) is 13.9. The van der Waals surface area contributed by atoms with Crippen molar-refractivity contribution in [3.05, 3.63) is 111 Å². The van der Waals surface area contributed by atoms with Crippen LogP contribution in [0, 0.1) is 0 Å². The molecule has 0 aromatic heterocycles. The molecule has 0 bridgehead atoms. The Kier molecular flexibility index (Phi) is 3.60. The highest BCUT2D eigenvalue weighted by Crippen LogP contribution is 2.58. The van der Waals surface area contributed by atoms with Crippen LogP contribution in [-0.4, -0.2) is 5.78 Å². The number of allylic oxidation sites excluding steroid dienone is 3. The van der Waals surface area contributed by atoms with Crippen LogP contribution in [0.25, 0.3) is 17.2 Å². The van der Waals surface area contributed by atoms with Crippen LogP contribution in [0.4, 0.5) is 0 Å². The zero-order valence-corrected chi connectivity index (χ0v) is 16.5. The molecule has 0 N–H and O–H groups in total. The average molecular weight is 413 g/mol. The molecule has 0 saturated carbocycles. The minimum absolute atomic E-state index is 0.101. The monoisotopic (exact) mass is 412 g/mol. The first-order valence-electron chi connectivity index (χ1n) is 9.04. The maximum absolute atomic E-state index is 13.9. The smallest absolute Gasteiger partial charge is 0.189 e. The summed E-state index contributed by atoms with van der Waals surface area (Å²) in [6.45, 7) is 2.14. The van der Waals surface area contributed by atoms with Crippen LogP contribution < -0.4 is 0 Å². The highest BCUT2D eigenvalue weighted by molar-refractivity contribution is 9.12. The van der Waals surface area contributed by atoms with Crippen molar-refractivity contribution in [2.24, 2.45) is 0 Å². The number of benzene rings is 3. The van der Waals surface area contributed by atoms with Gasteiger partial charge in [-0.25, -0.2) is 0 Å². The third-order valence-electron chi connectivity index (χ3n) is 5.75. The molecule has 0 radical (unpaired) electrons. The molecule has 3 aromatic carbocycles. The van der Waals surface area contributed by atoms with Crippen molar-refractivity contribution in [3.63, 3.8) is 0 Å². The van der Waals surface area contributed by atoms with E-state index in [2.05, 4.69) is 59.3 Å². The number of hydrogen-bond donors (Lipinski definition) is 0. The van der Waals surface area contributed by atoms with Crippen molar-refractivity contribution in [3.8, 4) is 0 Å². The first kappa shape index (κ1) is 16.5. The van der Waals surface area contributed by atoms with E-state index in [9.17, 15) is 4.79 Å². The molecule has 2 heteroatoms. The van der Waals surface area contributed by atoms with Crippen LogP contribution in [0.2, 0.25) is 0 Å². The molecule has 0 fully saturated rings. The van der Waals surface area contributed by atoms with Gasteiger partial charge in [0, 0.05) is 0 Å². The van der Waals surface area contributed by atoms with Gasteiger partial charge in [0.1, 0.15) is 5.41 Å². The molecule has 0 amide bonds. The molecule has 3 aromatic rings. The third kappa shape index (κ3) is 2.08. The Morgan fingerprint density at radius 1 is 0.778 bits per heavy atom. The zero-order valence-electron chi connectivity index (χ0n) is 14.9. The summed E-state index contributed by atoms with van der Waals surface area (Å²) in [5, 5.41) is 0. The van der Waals surface area contributed by atoms with E-state index in [0.717, 1.165) is 33.4 Å². The maximum Gasteiger partial charge on any atom is 0.189 e. The quantitative estimate of drug-likeness (QED) is 0.462. The molecule has 1 spiro atoms. The van der Waals surface area contributed by atoms with Gasteiger partial charge in [-0.2, -0.15) is 0 Å². The van der Waals surface area contributed by atoms with Crippen molar-refractivity contribution in [2.45, 2.75) is 12.3 Å². The highest BCUT2D eigenvalue weighted by atomic mass is 79.9. The van der Waals surface area contributed by atoms with Gasteiger partial charge in [0.25, 0.3) is 0 Å². The Bertz CT molecular complexity index is 1150. The molecule has 1 atom stereocenters. The normalized spacial score (nSPS) is 20.5. The van der Waals surface area contributed by atoms with Gasteiger partial charge in [0.05, 0.1) is 4.48 Å². The fourth-order valence-corrected chi connectivity index (χ4v) is 5.25. The summed E-state index contributed by atoms with van der Waals surface area (Å²) in [5.74, 6) is 0.101. The SMILES string of the molecule is CC1=C(c2ccccc2)C2(C(=O)C(Br)=Cc3ccccc32)c2ccccc21. The van der Waals surface area contributed by atoms with Gasteiger partial charge in [-0.3, -0.25) is 4.79 Å². The predicted octanol–water partition coefficient (Wildman–Crippen LogP) is 6.24. The van der Waals surface area contributed by atoms with Crippen molar-refractivity contribution >= 4 is 38.9 Å². The van der Waals surface area contributed by atoms with E-state index in [0.29, 0.717) is 4.48 Å². The van der Waals surface area contributed by atoms with Crippen molar-refractivity contribution in [2.75, 3.05) is 0 Å². The zero-order chi connectivity index (χ0) is 18.6. The fraction of sp³-hybridized carbons (Fsp3) is 0.0800. The average Bonchev–Trinajstić information content (AvgIpc) is 2.97. The Morgan fingerprint density at radius 2 is 1.41 bits per heavy atom. The molecular weight excluding hydrogens is 396 g/mol. The van der Waals surface area contributed by atoms with Crippen LogP contribution >= 0.6 is 15.9 Å². The van der Waals surface area contributed by atoms with E-state index in [1.807, 2.05) is 48.5 Å². The summed E-state index contributed by atoms with van der Waals surface area (Å²) < 4.78 is 0.624.